The van der Waals surface area contributed by atoms with Crippen LogP contribution in [0, 0.1) is 0 Å². The summed E-state index contributed by atoms with van der Waals surface area (Å²) in [5.41, 5.74) is 0.116. The molecule has 1 N–H and O–H groups in total. The van der Waals surface area contributed by atoms with Gasteiger partial charge < -0.3 is 5.32 Å². The molecular formula is C12H16Cl2N2O3S. The van der Waals surface area contributed by atoms with Crippen LogP contribution in [0.3, 0.4) is 0 Å². The van der Waals surface area contributed by atoms with E-state index in [9.17, 15) is 13.2 Å². The Bertz CT molecular complexity index is 570. The van der Waals surface area contributed by atoms with Gasteiger partial charge >= 0.3 is 0 Å². The van der Waals surface area contributed by atoms with Crippen LogP contribution in [0.15, 0.2) is 18.2 Å². The van der Waals surface area contributed by atoms with Gasteiger partial charge in [-0.3, -0.25) is 9.10 Å². The number of hydrogen-bond donors (Lipinski definition) is 1. The van der Waals surface area contributed by atoms with E-state index in [2.05, 4.69) is 5.32 Å². The topological polar surface area (TPSA) is 66.5 Å². The first-order valence-corrected chi connectivity index (χ1v) is 8.56. The predicted octanol–water partition coefficient (Wildman–Crippen LogP) is 2.29. The number of halogens is 2. The number of sulfonamides is 1. The molecule has 8 heteroatoms. The first kappa shape index (κ1) is 17.1. The number of carbonyl (C=O) groups excluding carboxylic acids is 1. The van der Waals surface area contributed by atoms with Crippen LogP contribution < -0.4 is 9.62 Å². The minimum atomic E-state index is -3.68. The zero-order valence-electron chi connectivity index (χ0n) is 11.2. The molecule has 0 atom stereocenters. The smallest absolute Gasteiger partial charge is 0.240 e. The third-order valence-electron chi connectivity index (χ3n) is 2.45. The maximum atomic E-state index is 11.9. The highest BCUT2D eigenvalue weighted by Gasteiger charge is 2.24. The molecule has 0 bridgehead atoms. The lowest BCUT2D eigenvalue weighted by molar-refractivity contribution is -0.119. The van der Waals surface area contributed by atoms with Crippen molar-refractivity contribution in [2.75, 3.05) is 23.7 Å². The van der Waals surface area contributed by atoms with Crippen molar-refractivity contribution in [1.29, 1.82) is 0 Å². The van der Waals surface area contributed by atoms with Gasteiger partial charge in [0.1, 0.15) is 6.54 Å². The van der Waals surface area contributed by atoms with Crippen molar-refractivity contribution in [3.63, 3.8) is 0 Å². The second-order valence-corrected chi connectivity index (χ2v) is 6.91. The third kappa shape index (κ3) is 4.54. The maximum Gasteiger partial charge on any atom is 0.240 e. The van der Waals surface area contributed by atoms with Crippen molar-refractivity contribution in [2.24, 2.45) is 0 Å². The average molecular weight is 339 g/mol. The Balaban J connectivity index is 3.12. The summed E-state index contributed by atoms with van der Waals surface area (Å²) in [5.74, 6) is -0.409. The minimum Gasteiger partial charge on any atom is -0.355 e. The highest BCUT2D eigenvalue weighted by Crippen LogP contribution is 2.34. The fraction of sp³-hybridized carbons (Fsp3) is 0.417. The van der Waals surface area contributed by atoms with Gasteiger partial charge in [-0.15, -0.1) is 0 Å². The van der Waals surface area contributed by atoms with Gasteiger partial charge in [-0.1, -0.05) is 36.2 Å². The van der Waals surface area contributed by atoms with Crippen LogP contribution in [0.5, 0.6) is 0 Å². The second kappa shape index (κ2) is 7.15. The zero-order chi connectivity index (χ0) is 15.3. The molecule has 5 nitrogen and oxygen atoms in total. The highest BCUT2D eigenvalue weighted by atomic mass is 35.5. The Hall–Kier alpha value is -0.980. The molecule has 112 valence electrons. The standard InChI is InChI=1S/C12H16Cl2N2O3S/c1-3-7-15-11(17)8-16(20(2,18)19)12-9(13)5-4-6-10(12)14/h4-6H,3,7-8H2,1-2H3,(H,15,17). The number of amides is 1. The van der Waals surface area contributed by atoms with Crippen LogP contribution in [0.4, 0.5) is 5.69 Å². The summed E-state index contributed by atoms with van der Waals surface area (Å²) in [7, 11) is -3.68. The van der Waals surface area contributed by atoms with Gasteiger partial charge in [-0.2, -0.15) is 0 Å². The van der Waals surface area contributed by atoms with E-state index in [4.69, 9.17) is 23.2 Å². The van der Waals surface area contributed by atoms with Crippen LogP contribution in [-0.2, 0) is 14.8 Å². The Morgan fingerprint density at radius 1 is 1.30 bits per heavy atom. The monoisotopic (exact) mass is 338 g/mol. The molecule has 0 fully saturated rings. The zero-order valence-corrected chi connectivity index (χ0v) is 13.5. The number of carbonyl (C=O) groups is 1. The normalized spacial score (nSPS) is 11.2. The Kier molecular flexibility index (Phi) is 6.10. The average Bonchev–Trinajstić information content (AvgIpc) is 2.33. The Morgan fingerprint density at radius 3 is 2.30 bits per heavy atom. The van der Waals surface area contributed by atoms with Crippen LogP contribution in [0.25, 0.3) is 0 Å². The molecule has 20 heavy (non-hydrogen) atoms. The quantitative estimate of drug-likeness (QED) is 0.865. The van der Waals surface area contributed by atoms with Gasteiger partial charge in [0.05, 0.1) is 22.0 Å². The number of anilines is 1. The fourth-order valence-electron chi connectivity index (χ4n) is 1.54. The van der Waals surface area contributed by atoms with Crippen LogP contribution in [0.1, 0.15) is 13.3 Å². The number of nitrogens with zero attached hydrogens (tertiary/aromatic N) is 1. The van der Waals surface area contributed by atoms with Crippen LogP contribution >= 0.6 is 23.2 Å². The first-order valence-electron chi connectivity index (χ1n) is 5.95. The molecular weight excluding hydrogens is 323 g/mol. The molecule has 0 heterocycles. The van der Waals surface area contributed by atoms with Crippen LogP contribution in [0.2, 0.25) is 10.0 Å². The van der Waals surface area contributed by atoms with Crippen molar-refractivity contribution < 1.29 is 13.2 Å². The summed E-state index contributed by atoms with van der Waals surface area (Å²) in [4.78, 5) is 11.8. The summed E-state index contributed by atoms with van der Waals surface area (Å²) in [6.45, 7) is 2.02. The molecule has 1 amide bonds. The Morgan fingerprint density at radius 2 is 1.85 bits per heavy atom. The lowest BCUT2D eigenvalue weighted by Gasteiger charge is -2.23. The first-order chi connectivity index (χ1) is 9.27. The summed E-state index contributed by atoms with van der Waals surface area (Å²) in [6, 6.07) is 4.64. The van der Waals surface area contributed by atoms with E-state index in [0.717, 1.165) is 17.0 Å². The molecule has 0 radical (unpaired) electrons. The van der Waals surface area contributed by atoms with Gasteiger partial charge in [0.25, 0.3) is 0 Å². The van der Waals surface area contributed by atoms with E-state index >= 15 is 0 Å². The molecule has 0 aromatic heterocycles. The summed E-state index contributed by atoms with van der Waals surface area (Å²) >= 11 is 12.0. The summed E-state index contributed by atoms with van der Waals surface area (Å²) in [6.07, 6.45) is 1.76. The Labute approximate surface area is 128 Å². The van der Waals surface area contributed by atoms with E-state index in [1.54, 1.807) is 6.07 Å². The molecule has 0 saturated heterocycles. The van der Waals surface area contributed by atoms with E-state index in [0.29, 0.717) is 6.54 Å². The van der Waals surface area contributed by atoms with Gasteiger partial charge in [-0.25, -0.2) is 8.42 Å². The summed E-state index contributed by atoms with van der Waals surface area (Å²) in [5, 5.41) is 2.96. The van der Waals surface area contributed by atoms with Gasteiger partial charge in [0.15, 0.2) is 0 Å². The SMILES string of the molecule is CCCNC(=O)CN(c1c(Cl)cccc1Cl)S(C)(=O)=O. The molecule has 1 aromatic carbocycles. The van der Waals surface area contributed by atoms with Crippen molar-refractivity contribution in [3.05, 3.63) is 28.2 Å². The number of hydrogen-bond acceptors (Lipinski definition) is 3. The lowest BCUT2D eigenvalue weighted by atomic mass is 10.3. The molecule has 0 spiro atoms. The summed E-state index contributed by atoms with van der Waals surface area (Å²) < 4.78 is 24.7. The van der Waals surface area contributed by atoms with Crippen molar-refractivity contribution >= 4 is 44.8 Å². The second-order valence-electron chi connectivity index (χ2n) is 4.19. The molecule has 0 aliphatic carbocycles. The minimum absolute atomic E-state index is 0.116. The molecule has 1 aromatic rings. The van der Waals surface area contributed by atoms with Gasteiger partial charge in [0, 0.05) is 6.54 Å². The van der Waals surface area contributed by atoms with Gasteiger partial charge in [0.2, 0.25) is 15.9 Å². The number of para-hydroxylation sites is 1. The molecule has 1 rings (SSSR count). The fourth-order valence-corrected chi connectivity index (χ4v) is 3.12. The molecule has 0 saturated carbocycles. The molecule has 0 aliphatic rings. The number of benzene rings is 1. The van der Waals surface area contributed by atoms with Crippen molar-refractivity contribution in [2.45, 2.75) is 13.3 Å². The van der Waals surface area contributed by atoms with E-state index in [1.165, 1.54) is 12.1 Å². The predicted molar refractivity (Wildman–Crippen MR) is 82.0 cm³/mol. The molecule has 0 unspecified atom stereocenters. The van der Waals surface area contributed by atoms with E-state index < -0.39 is 15.9 Å². The highest BCUT2D eigenvalue weighted by molar-refractivity contribution is 7.92. The van der Waals surface area contributed by atoms with Crippen LogP contribution in [-0.4, -0.2) is 33.7 Å². The van der Waals surface area contributed by atoms with Crippen molar-refractivity contribution in [1.82, 2.24) is 5.32 Å². The third-order valence-corrected chi connectivity index (χ3v) is 4.17. The number of rotatable bonds is 6. The largest absolute Gasteiger partial charge is 0.355 e. The van der Waals surface area contributed by atoms with Crippen molar-refractivity contribution in [3.8, 4) is 0 Å². The number of nitrogens with one attached hydrogen (secondary N) is 1. The van der Waals surface area contributed by atoms with E-state index in [-0.39, 0.29) is 22.3 Å². The van der Waals surface area contributed by atoms with Gasteiger partial charge in [-0.05, 0) is 18.6 Å². The maximum absolute atomic E-state index is 11.9. The van der Waals surface area contributed by atoms with E-state index in [1.807, 2.05) is 6.92 Å². The molecule has 0 aliphatic heterocycles. The lowest BCUT2D eigenvalue weighted by Crippen LogP contribution is -2.40.